The predicted octanol–water partition coefficient (Wildman–Crippen LogP) is 1.52. The van der Waals surface area contributed by atoms with E-state index in [0.717, 1.165) is 67.9 Å². The Morgan fingerprint density at radius 3 is 2.70 bits per heavy atom. The molecular formula is C15H24N4O2S2. The molecule has 23 heavy (non-hydrogen) atoms. The van der Waals surface area contributed by atoms with Gasteiger partial charge in [-0.1, -0.05) is 0 Å². The van der Waals surface area contributed by atoms with Crippen molar-refractivity contribution in [3.8, 4) is 0 Å². The number of thioether (sulfide) groups is 1. The van der Waals surface area contributed by atoms with Crippen LogP contribution in [0.2, 0.25) is 0 Å². The van der Waals surface area contributed by atoms with Gasteiger partial charge in [-0.05, 0) is 12.8 Å². The van der Waals surface area contributed by atoms with Crippen molar-refractivity contribution >= 4 is 34.3 Å². The van der Waals surface area contributed by atoms with Gasteiger partial charge in [-0.3, -0.25) is 4.79 Å². The monoisotopic (exact) mass is 356 g/mol. The number of hydrogen-bond acceptors (Lipinski definition) is 7. The summed E-state index contributed by atoms with van der Waals surface area (Å²) in [5.41, 5.74) is 0. The molecule has 128 valence electrons. The number of methoxy groups -OCH3 is 1. The molecule has 0 spiro atoms. The number of amides is 1. The van der Waals surface area contributed by atoms with Crippen molar-refractivity contribution < 1.29 is 9.53 Å². The van der Waals surface area contributed by atoms with Crippen LogP contribution in [0, 0.1) is 5.92 Å². The normalized spacial score (nSPS) is 20.0. The highest BCUT2D eigenvalue weighted by Gasteiger charge is 2.30. The molecule has 8 heteroatoms. The number of anilines is 1. The molecule has 0 unspecified atom stereocenters. The number of aromatic nitrogens is 2. The molecule has 0 aliphatic carbocycles. The van der Waals surface area contributed by atoms with E-state index in [4.69, 9.17) is 4.74 Å². The summed E-state index contributed by atoms with van der Waals surface area (Å²) in [5.74, 6) is 3.58. The van der Waals surface area contributed by atoms with Crippen molar-refractivity contribution in [2.24, 2.45) is 5.92 Å². The van der Waals surface area contributed by atoms with Gasteiger partial charge in [-0.15, -0.1) is 0 Å². The SMILES string of the molecule is COCCc1nsc(N2CCC(C(=O)N3CCSCC3)CC2)n1. The quantitative estimate of drug-likeness (QED) is 0.797. The maximum absolute atomic E-state index is 12.6. The Balaban J connectivity index is 1.49. The summed E-state index contributed by atoms with van der Waals surface area (Å²) >= 11 is 3.40. The Hall–Kier alpha value is -0.860. The second-order valence-electron chi connectivity index (χ2n) is 5.93. The molecule has 2 fully saturated rings. The third-order valence-electron chi connectivity index (χ3n) is 4.42. The molecule has 0 bridgehead atoms. The van der Waals surface area contributed by atoms with Gasteiger partial charge >= 0.3 is 0 Å². The van der Waals surface area contributed by atoms with Gasteiger partial charge in [0.25, 0.3) is 0 Å². The number of rotatable bonds is 5. The van der Waals surface area contributed by atoms with Crippen molar-refractivity contribution in [3.63, 3.8) is 0 Å². The van der Waals surface area contributed by atoms with Gasteiger partial charge in [-0.25, -0.2) is 4.98 Å². The zero-order valence-electron chi connectivity index (χ0n) is 13.6. The van der Waals surface area contributed by atoms with E-state index < -0.39 is 0 Å². The lowest BCUT2D eigenvalue weighted by Crippen LogP contribution is -2.45. The number of ether oxygens (including phenoxy) is 1. The first kappa shape index (κ1) is 17.0. The van der Waals surface area contributed by atoms with Gasteiger partial charge in [0, 0.05) is 68.7 Å². The molecular weight excluding hydrogens is 332 g/mol. The zero-order chi connectivity index (χ0) is 16.1. The maximum Gasteiger partial charge on any atom is 0.225 e. The number of hydrogen-bond donors (Lipinski definition) is 0. The van der Waals surface area contributed by atoms with Crippen molar-refractivity contribution in [2.75, 3.05) is 56.3 Å². The molecule has 0 radical (unpaired) electrons. The van der Waals surface area contributed by atoms with E-state index in [1.165, 1.54) is 11.5 Å². The van der Waals surface area contributed by atoms with E-state index >= 15 is 0 Å². The third-order valence-corrected chi connectivity index (χ3v) is 6.18. The van der Waals surface area contributed by atoms with E-state index in [-0.39, 0.29) is 5.92 Å². The fourth-order valence-corrected chi connectivity index (χ4v) is 4.69. The molecule has 6 nitrogen and oxygen atoms in total. The fraction of sp³-hybridized carbons (Fsp3) is 0.800. The molecule has 2 saturated heterocycles. The van der Waals surface area contributed by atoms with E-state index in [2.05, 4.69) is 19.2 Å². The van der Waals surface area contributed by atoms with E-state index in [9.17, 15) is 4.79 Å². The maximum atomic E-state index is 12.6. The second-order valence-corrected chi connectivity index (χ2v) is 7.89. The van der Waals surface area contributed by atoms with Crippen LogP contribution in [0.15, 0.2) is 0 Å². The van der Waals surface area contributed by atoms with Crippen LogP contribution in [0.5, 0.6) is 0 Å². The third kappa shape index (κ3) is 4.36. The Labute approximate surface area is 145 Å². The lowest BCUT2D eigenvalue weighted by atomic mass is 9.95. The lowest BCUT2D eigenvalue weighted by Gasteiger charge is -2.35. The van der Waals surface area contributed by atoms with Crippen molar-refractivity contribution in [3.05, 3.63) is 5.82 Å². The van der Waals surface area contributed by atoms with Crippen LogP contribution in [0.1, 0.15) is 18.7 Å². The van der Waals surface area contributed by atoms with Crippen molar-refractivity contribution in [1.82, 2.24) is 14.3 Å². The lowest BCUT2D eigenvalue weighted by molar-refractivity contribution is -0.135. The van der Waals surface area contributed by atoms with Gasteiger partial charge in [0.2, 0.25) is 11.0 Å². The second kappa shape index (κ2) is 8.30. The molecule has 1 aromatic heterocycles. The predicted molar refractivity (Wildman–Crippen MR) is 94.3 cm³/mol. The summed E-state index contributed by atoms with van der Waals surface area (Å²) in [5, 5.41) is 0.983. The Bertz CT molecular complexity index is 511. The highest BCUT2D eigenvalue weighted by Crippen LogP contribution is 2.26. The average Bonchev–Trinajstić information content (AvgIpc) is 3.09. The highest BCUT2D eigenvalue weighted by molar-refractivity contribution is 7.99. The molecule has 0 aromatic carbocycles. The average molecular weight is 357 g/mol. The molecule has 1 amide bonds. The van der Waals surface area contributed by atoms with E-state index in [0.29, 0.717) is 12.5 Å². The molecule has 2 aliphatic heterocycles. The Morgan fingerprint density at radius 2 is 2.00 bits per heavy atom. The van der Waals surface area contributed by atoms with Crippen LogP contribution in [0.25, 0.3) is 0 Å². The number of piperidine rings is 1. The first-order chi connectivity index (χ1) is 11.3. The van der Waals surface area contributed by atoms with Crippen molar-refractivity contribution in [2.45, 2.75) is 19.3 Å². The van der Waals surface area contributed by atoms with Crippen LogP contribution >= 0.6 is 23.3 Å². The van der Waals surface area contributed by atoms with Crippen LogP contribution in [-0.4, -0.2) is 71.6 Å². The minimum absolute atomic E-state index is 0.190. The Morgan fingerprint density at radius 1 is 1.26 bits per heavy atom. The van der Waals surface area contributed by atoms with Gasteiger partial charge in [-0.2, -0.15) is 16.1 Å². The molecule has 3 heterocycles. The molecule has 2 aliphatic rings. The zero-order valence-corrected chi connectivity index (χ0v) is 15.2. The smallest absolute Gasteiger partial charge is 0.225 e. The topological polar surface area (TPSA) is 58.6 Å². The first-order valence-electron chi connectivity index (χ1n) is 8.21. The van der Waals surface area contributed by atoms with Gasteiger partial charge in [0.15, 0.2) is 0 Å². The molecule has 0 N–H and O–H groups in total. The van der Waals surface area contributed by atoms with Crippen LogP contribution < -0.4 is 4.90 Å². The number of nitrogens with zero attached hydrogens (tertiary/aromatic N) is 4. The van der Waals surface area contributed by atoms with E-state index in [1.807, 2.05) is 11.8 Å². The molecule has 0 saturated carbocycles. The number of carbonyl (C=O) groups is 1. The van der Waals surface area contributed by atoms with E-state index in [1.54, 1.807) is 7.11 Å². The van der Waals surface area contributed by atoms with Crippen LogP contribution in [0.4, 0.5) is 5.13 Å². The fourth-order valence-electron chi connectivity index (χ4n) is 3.03. The molecule has 0 atom stereocenters. The Kier molecular flexibility index (Phi) is 6.13. The first-order valence-corrected chi connectivity index (χ1v) is 10.1. The van der Waals surface area contributed by atoms with Crippen LogP contribution in [-0.2, 0) is 16.0 Å². The molecule has 1 aromatic rings. The summed E-state index contributed by atoms with van der Waals surface area (Å²) in [6.45, 7) is 4.29. The summed E-state index contributed by atoms with van der Waals surface area (Å²) in [6.07, 6.45) is 2.61. The largest absolute Gasteiger partial charge is 0.384 e. The van der Waals surface area contributed by atoms with Crippen LogP contribution in [0.3, 0.4) is 0 Å². The van der Waals surface area contributed by atoms with Gasteiger partial charge < -0.3 is 14.5 Å². The number of carbonyl (C=O) groups excluding carboxylic acids is 1. The molecule has 3 rings (SSSR count). The van der Waals surface area contributed by atoms with Crippen molar-refractivity contribution in [1.29, 1.82) is 0 Å². The minimum Gasteiger partial charge on any atom is -0.384 e. The minimum atomic E-state index is 0.190. The van der Waals surface area contributed by atoms with Gasteiger partial charge in [0.05, 0.1) is 6.61 Å². The summed E-state index contributed by atoms with van der Waals surface area (Å²) < 4.78 is 9.45. The highest BCUT2D eigenvalue weighted by atomic mass is 32.2. The van der Waals surface area contributed by atoms with Gasteiger partial charge in [0.1, 0.15) is 5.82 Å². The summed E-state index contributed by atoms with van der Waals surface area (Å²) in [6, 6.07) is 0. The summed E-state index contributed by atoms with van der Waals surface area (Å²) in [7, 11) is 1.69. The standard InChI is InChI=1S/C15H24N4O2S2/c1-21-9-4-13-16-15(23-17-13)19-5-2-12(3-6-19)14(20)18-7-10-22-11-8-18/h12H,2-11H2,1H3. The summed E-state index contributed by atoms with van der Waals surface area (Å²) in [4.78, 5) is 21.5.